The number of halogens is 3. The molecule has 31 heavy (non-hydrogen) atoms. The van der Waals surface area contributed by atoms with Gasteiger partial charge in [-0.2, -0.15) is 4.31 Å². The number of nitrogens with one attached hydrogen (secondary N) is 1. The largest absolute Gasteiger partial charge is 0.322 e. The predicted octanol–water partition coefficient (Wildman–Crippen LogP) is 4.62. The highest BCUT2D eigenvalue weighted by Gasteiger charge is 2.28. The van der Waals surface area contributed by atoms with Crippen LogP contribution in [-0.4, -0.2) is 25.2 Å². The van der Waals surface area contributed by atoms with Crippen LogP contribution in [0.4, 0.5) is 14.5 Å². The Bertz CT molecular complexity index is 1240. The molecule has 0 aromatic heterocycles. The average Bonchev–Trinajstić information content (AvgIpc) is 2.73. The van der Waals surface area contributed by atoms with E-state index in [0.717, 1.165) is 29.3 Å². The molecule has 4 rings (SSSR count). The molecule has 5 nitrogen and oxygen atoms in total. The molecule has 3 aromatic carbocycles. The number of rotatable bonds is 4. The molecule has 0 aliphatic carbocycles. The summed E-state index contributed by atoms with van der Waals surface area (Å²) in [5.41, 5.74) is 1.80. The molecule has 160 valence electrons. The Morgan fingerprint density at radius 2 is 1.74 bits per heavy atom. The lowest BCUT2D eigenvalue weighted by molar-refractivity contribution is 0.102. The van der Waals surface area contributed by atoms with Gasteiger partial charge in [-0.25, -0.2) is 17.2 Å². The van der Waals surface area contributed by atoms with Crippen molar-refractivity contribution in [1.82, 2.24) is 4.31 Å². The van der Waals surface area contributed by atoms with Crippen LogP contribution in [0.15, 0.2) is 65.6 Å². The molecule has 9 heteroatoms. The summed E-state index contributed by atoms with van der Waals surface area (Å²) in [4.78, 5) is 12.5. The maximum atomic E-state index is 14.0. The van der Waals surface area contributed by atoms with Crippen molar-refractivity contribution < 1.29 is 22.0 Å². The molecule has 1 N–H and O–H groups in total. The monoisotopic (exact) mass is 462 g/mol. The van der Waals surface area contributed by atoms with E-state index in [1.807, 2.05) is 0 Å². The molecule has 0 bridgehead atoms. The van der Waals surface area contributed by atoms with E-state index in [9.17, 15) is 22.0 Å². The van der Waals surface area contributed by atoms with Crippen molar-refractivity contribution in [2.24, 2.45) is 0 Å². The molecule has 0 radical (unpaired) electrons. The first-order valence-electron chi connectivity index (χ1n) is 9.38. The minimum atomic E-state index is -3.80. The normalized spacial score (nSPS) is 14.2. The van der Waals surface area contributed by atoms with Gasteiger partial charge in [0.1, 0.15) is 11.6 Å². The lowest BCUT2D eigenvalue weighted by Gasteiger charge is -2.28. The van der Waals surface area contributed by atoms with Gasteiger partial charge in [-0.1, -0.05) is 23.7 Å². The zero-order valence-electron chi connectivity index (χ0n) is 16.1. The van der Waals surface area contributed by atoms with E-state index in [1.54, 1.807) is 18.2 Å². The molecule has 0 spiro atoms. The minimum Gasteiger partial charge on any atom is -0.322 e. The molecule has 1 aliphatic heterocycles. The number of sulfonamides is 1. The molecular weight excluding hydrogens is 446 g/mol. The number of carbonyl (C=O) groups is 1. The fraction of sp³-hybridized carbons (Fsp3) is 0.136. The Labute approximate surface area is 183 Å². The first-order valence-corrected chi connectivity index (χ1v) is 11.2. The predicted molar refractivity (Wildman–Crippen MR) is 114 cm³/mol. The van der Waals surface area contributed by atoms with Gasteiger partial charge in [0.2, 0.25) is 10.0 Å². The van der Waals surface area contributed by atoms with Crippen LogP contribution in [0.1, 0.15) is 21.5 Å². The molecular formula is C22H17ClF2N2O3S. The van der Waals surface area contributed by atoms with Crippen LogP contribution in [-0.2, 0) is 23.0 Å². The number of hydrogen-bond donors (Lipinski definition) is 1. The summed E-state index contributed by atoms with van der Waals surface area (Å²) in [5.74, 6) is -1.95. The zero-order valence-corrected chi connectivity index (χ0v) is 17.7. The van der Waals surface area contributed by atoms with Crippen LogP contribution in [0.3, 0.4) is 0 Å². The van der Waals surface area contributed by atoms with Crippen LogP contribution in [0, 0.1) is 11.6 Å². The Balaban J connectivity index is 1.57. The molecule has 3 aromatic rings. The Kier molecular flexibility index (Phi) is 5.79. The van der Waals surface area contributed by atoms with Gasteiger partial charge in [0.05, 0.1) is 15.5 Å². The van der Waals surface area contributed by atoms with Crippen molar-refractivity contribution >= 4 is 33.2 Å². The lowest BCUT2D eigenvalue weighted by Crippen LogP contribution is -2.36. The summed E-state index contributed by atoms with van der Waals surface area (Å²) < 4.78 is 54.3. The van der Waals surface area contributed by atoms with Crippen LogP contribution < -0.4 is 5.32 Å². The fourth-order valence-corrected chi connectivity index (χ4v) is 5.15. The Hall–Kier alpha value is -2.81. The van der Waals surface area contributed by atoms with E-state index in [4.69, 9.17) is 11.6 Å². The van der Waals surface area contributed by atoms with Gasteiger partial charge in [0.15, 0.2) is 0 Å². The van der Waals surface area contributed by atoms with E-state index in [1.165, 1.54) is 28.6 Å². The van der Waals surface area contributed by atoms with Crippen molar-refractivity contribution in [2.75, 3.05) is 11.9 Å². The van der Waals surface area contributed by atoms with Crippen molar-refractivity contribution in [1.29, 1.82) is 0 Å². The highest BCUT2D eigenvalue weighted by Crippen LogP contribution is 2.28. The second-order valence-corrected chi connectivity index (χ2v) is 9.42. The van der Waals surface area contributed by atoms with Crippen molar-refractivity contribution in [3.8, 4) is 0 Å². The van der Waals surface area contributed by atoms with Crippen LogP contribution in [0.5, 0.6) is 0 Å². The Morgan fingerprint density at radius 3 is 2.45 bits per heavy atom. The van der Waals surface area contributed by atoms with E-state index in [0.29, 0.717) is 12.1 Å². The second kappa shape index (κ2) is 8.37. The number of amides is 1. The van der Waals surface area contributed by atoms with Crippen molar-refractivity contribution in [3.63, 3.8) is 0 Å². The van der Waals surface area contributed by atoms with Gasteiger partial charge < -0.3 is 5.32 Å². The second-order valence-electron chi connectivity index (χ2n) is 7.08. The summed E-state index contributed by atoms with van der Waals surface area (Å²) in [5, 5.41) is 2.60. The standard InChI is InChI=1S/C22H17ClF2N2O3S/c23-19-2-1-3-20(25)21(19)22(28)26-17-7-4-14-10-11-27(13-15(14)12-17)31(29,30)18-8-5-16(24)6-9-18/h1-9,12H,10-11,13H2,(H,26,28). The van der Waals surface area contributed by atoms with Crippen LogP contribution in [0.2, 0.25) is 5.02 Å². The van der Waals surface area contributed by atoms with Crippen molar-refractivity contribution in [2.45, 2.75) is 17.9 Å². The van der Waals surface area contributed by atoms with Gasteiger partial charge in [-0.15, -0.1) is 0 Å². The molecule has 1 amide bonds. The summed E-state index contributed by atoms with van der Waals surface area (Å²) >= 11 is 5.95. The first-order chi connectivity index (χ1) is 14.8. The van der Waals surface area contributed by atoms with Gasteiger partial charge in [0.25, 0.3) is 5.91 Å². The lowest BCUT2D eigenvalue weighted by atomic mass is 10.0. The van der Waals surface area contributed by atoms with Gasteiger partial charge >= 0.3 is 0 Å². The smallest absolute Gasteiger partial charge is 0.260 e. The molecule has 0 fully saturated rings. The summed E-state index contributed by atoms with van der Waals surface area (Å²) in [6, 6.07) is 13.8. The molecule has 0 saturated carbocycles. The summed E-state index contributed by atoms with van der Waals surface area (Å²) in [7, 11) is -3.80. The SMILES string of the molecule is O=C(Nc1ccc2c(c1)CN(S(=O)(=O)c1ccc(F)cc1)CC2)c1c(F)cccc1Cl. The highest BCUT2D eigenvalue weighted by atomic mass is 35.5. The fourth-order valence-electron chi connectivity index (χ4n) is 3.48. The Morgan fingerprint density at radius 1 is 1.00 bits per heavy atom. The van der Waals surface area contributed by atoms with E-state index in [2.05, 4.69) is 5.32 Å². The maximum Gasteiger partial charge on any atom is 0.260 e. The van der Waals surface area contributed by atoms with Crippen LogP contribution in [0.25, 0.3) is 0 Å². The number of hydrogen-bond acceptors (Lipinski definition) is 3. The third-order valence-corrected chi connectivity index (χ3v) is 7.26. The number of carbonyl (C=O) groups excluding carboxylic acids is 1. The first kappa shape index (κ1) is 21.4. The topological polar surface area (TPSA) is 66.5 Å². The number of benzene rings is 3. The third-order valence-electron chi connectivity index (χ3n) is 5.08. The third kappa shape index (κ3) is 4.32. The van der Waals surface area contributed by atoms with Gasteiger partial charge in [-0.05, 0) is 66.1 Å². The average molecular weight is 463 g/mol. The molecule has 1 aliphatic rings. The van der Waals surface area contributed by atoms with Gasteiger partial charge in [-0.3, -0.25) is 4.79 Å². The van der Waals surface area contributed by atoms with Gasteiger partial charge in [0, 0.05) is 18.8 Å². The number of anilines is 1. The molecule has 1 heterocycles. The highest BCUT2D eigenvalue weighted by molar-refractivity contribution is 7.89. The summed E-state index contributed by atoms with van der Waals surface area (Å²) in [6.07, 6.45) is 0.489. The minimum absolute atomic E-state index is 0.00738. The molecule has 0 unspecified atom stereocenters. The summed E-state index contributed by atoms with van der Waals surface area (Å²) in [6.45, 7) is 0.377. The zero-order chi connectivity index (χ0) is 22.2. The molecule has 0 saturated heterocycles. The van der Waals surface area contributed by atoms with Crippen LogP contribution >= 0.6 is 11.6 Å². The number of nitrogens with zero attached hydrogens (tertiary/aromatic N) is 1. The van der Waals surface area contributed by atoms with E-state index < -0.39 is 27.6 Å². The number of fused-ring (bicyclic) bond motifs is 1. The van der Waals surface area contributed by atoms with E-state index >= 15 is 0 Å². The quantitative estimate of drug-likeness (QED) is 0.615. The molecule has 0 atom stereocenters. The maximum absolute atomic E-state index is 14.0. The van der Waals surface area contributed by atoms with Crippen molar-refractivity contribution in [3.05, 3.63) is 94.0 Å². The van der Waals surface area contributed by atoms with E-state index in [-0.39, 0.29) is 28.6 Å².